The van der Waals surface area contributed by atoms with Gasteiger partial charge in [0.05, 0.1) is 25.4 Å². The maximum Gasteiger partial charge on any atom is 0.335 e. The van der Waals surface area contributed by atoms with Gasteiger partial charge in [-0.15, -0.1) is 0 Å². The molecule has 0 spiro atoms. The minimum atomic E-state index is -0.325. The van der Waals surface area contributed by atoms with E-state index in [1.807, 2.05) is 30.3 Å². The van der Waals surface area contributed by atoms with Crippen molar-refractivity contribution in [2.45, 2.75) is 13.1 Å². The van der Waals surface area contributed by atoms with Crippen molar-refractivity contribution >= 4 is 17.1 Å². The minimum absolute atomic E-state index is 0.132. The lowest BCUT2D eigenvalue weighted by molar-refractivity contribution is -0.121. The van der Waals surface area contributed by atoms with Gasteiger partial charge in [-0.1, -0.05) is 18.2 Å². The van der Waals surface area contributed by atoms with Gasteiger partial charge in [-0.25, -0.2) is 14.3 Å². The van der Waals surface area contributed by atoms with Gasteiger partial charge in [0, 0.05) is 18.3 Å². The Labute approximate surface area is 178 Å². The number of imidazole rings is 1. The van der Waals surface area contributed by atoms with E-state index < -0.39 is 0 Å². The number of rotatable bonds is 7. The van der Waals surface area contributed by atoms with Crippen LogP contribution in [0.3, 0.4) is 0 Å². The molecule has 0 atom stereocenters. The minimum Gasteiger partial charge on any atom is -0.497 e. The summed E-state index contributed by atoms with van der Waals surface area (Å²) in [5.41, 5.74) is 2.23. The van der Waals surface area contributed by atoms with Crippen LogP contribution >= 0.6 is 0 Å². The number of nitrogens with one attached hydrogen (secondary N) is 1. The second-order valence-electron chi connectivity index (χ2n) is 6.84. The molecule has 0 bridgehead atoms. The number of aromatic nitrogens is 3. The summed E-state index contributed by atoms with van der Waals surface area (Å²) in [6, 6.07) is 18.1. The van der Waals surface area contributed by atoms with E-state index in [1.165, 1.54) is 9.13 Å². The Bertz CT molecular complexity index is 1280. The first-order valence-electron chi connectivity index (χ1n) is 9.71. The van der Waals surface area contributed by atoms with Crippen molar-refractivity contribution in [1.29, 1.82) is 0 Å². The molecule has 0 saturated heterocycles. The Kier molecular flexibility index (Phi) is 5.70. The highest BCUT2D eigenvalue weighted by molar-refractivity contribution is 5.80. The van der Waals surface area contributed by atoms with Crippen molar-refractivity contribution in [3.63, 3.8) is 0 Å². The summed E-state index contributed by atoms with van der Waals surface area (Å²) >= 11 is 0. The number of ether oxygens (including phenoxy) is 2. The average molecular weight is 418 g/mol. The number of hydrogen-bond donors (Lipinski definition) is 1. The number of carbonyl (C=O) groups excluding carboxylic acids is 1. The highest BCUT2D eigenvalue weighted by atomic mass is 16.5. The molecule has 2 heterocycles. The van der Waals surface area contributed by atoms with Crippen molar-refractivity contribution < 1.29 is 14.3 Å². The zero-order chi connectivity index (χ0) is 21.8. The van der Waals surface area contributed by atoms with Crippen molar-refractivity contribution in [3.05, 3.63) is 82.9 Å². The summed E-state index contributed by atoms with van der Waals surface area (Å²) in [4.78, 5) is 30.2. The molecule has 0 radical (unpaired) electrons. The molecule has 0 aliphatic rings. The fourth-order valence-corrected chi connectivity index (χ4v) is 3.46. The molecule has 1 N–H and O–H groups in total. The molecular weight excluding hydrogens is 396 g/mol. The van der Waals surface area contributed by atoms with E-state index in [1.54, 1.807) is 50.7 Å². The van der Waals surface area contributed by atoms with Gasteiger partial charge >= 0.3 is 5.69 Å². The zero-order valence-corrected chi connectivity index (χ0v) is 17.2. The van der Waals surface area contributed by atoms with Crippen LogP contribution in [0.5, 0.6) is 11.5 Å². The molecule has 4 aromatic rings. The zero-order valence-electron chi connectivity index (χ0n) is 17.2. The Morgan fingerprint density at radius 1 is 1.03 bits per heavy atom. The summed E-state index contributed by atoms with van der Waals surface area (Å²) in [6.45, 7) is 0.108. The number of carbonyl (C=O) groups is 1. The maximum absolute atomic E-state index is 13.2. The summed E-state index contributed by atoms with van der Waals surface area (Å²) in [6.07, 6.45) is 1.63. The Morgan fingerprint density at radius 3 is 2.58 bits per heavy atom. The Morgan fingerprint density at radius 2 is 1.84 bits per heavy atom. The van der Waals surface area contributed by atoms with Crippen LogP contribution in [-0.2, 0) is 17.9 Å². The number of hydrogen-bond acceptors (Lipinski definition) is 5. The van der Waals surface area contributed by atoms with Crippen LogP contribution in [0.2, 0.25) is 0 Å². The highest BCUT2D eigenvalue weighted by Gasteiger charge is 2.17. The summed E-state index contributed by atoms with van der Waals surface area (Å²) in [5.74, 6) is 1.00. The van der Waals surface area contributed by atoms with Crippen LogP contribution in [-0.4, -0.2) is 34.2 Å². The second-order valence-corrected chi connectivity index (χ2v) is 6.84. The third kappa shape index (κ3) is 4.00. The molecule has 8 heteroatoms. The van der Waals surface area contributed by atoms with E-state index >= 15 is 0 Å². The van der Waals surface area contributed by atoms with Gasteiger partial charge in [-0.2, -0.15) is 0 Å². The van der Waals surface area contributed by atoms with Gasteiger partial charge in [0.25, 0.3) is 0 Å². The average Bonchev–Trinajstić information content (AvgIpc) is 3.09. The van der Waals surface area contributed by atoms with E-state index in [0.717, 1.165) is 5.56 Å². The number of benzene rings is 2. The molecule has 8 nitrogen and oxygen atoms in total. The lowest BCUT2D eigenvalue weighted by Crippen LogP contribution is -2.32. The predicted molar refractivity (Wildman–Crippen MR) is 117 cm³/mol. The first-order chi connectivity index (χ1) is 15.1. The van der Waals surface area contributed by atoms with Crippen molar-refractivity contribution in [2.24, 2.45) is 0 Å². The molecule has 158 valence electrons. The molecule has 4 rings (SSSR count). The third-order valence-electron chi connectivity index (χ3n) is 4.97. The lowest BCUT2D eigenvalue weighted by atomic mass is 10.2. The molecule has 0 aliphatic heterocycles. The second kappa shape index (κ2) is 8.74. The van der Waals surface area contributed by atoms with Crippen LogP contribution < -0.4 is 20.5 Å². The SMILES string of the molecule is COc1ccc(OC)c(CNC(=O)Cn2c(=O)n(-c3ccccc3)c3ncccc32)c1. The molecule has 2 aromatic heterocycles. The quantitative estimate of drug-likeness (QED) is 0.498. The topological polar surface area (TPSA) is 87.4 Å². The normalized spacial score (nSPS) is 10.8. The number of pyridine rings is 1. The van der Waals surface area contributed by atoms with Gasteiger partial charge in [-0.3, -0.25) is 9.36 Å². The lowest BCUT2D eigenvalue weighted by Gasteiger charge is -2.11. The number of para-hydroxylation sites is 1. The number of nitrogens with zero attached hydrogens (tertiary/aromatic N) is 3. The number of methoxy groups -OCH3 is 2. The molecule has 1 amide bonds. The molecule has 0 fully saturated rings. The van der Waals surface area contributed by atoms with Crippen LogP contribution in [0, 0.1) is 0 Å². The first-order valence-corrected chi connectivity index (χ1v) is 9.71. The Hall–Kier alpha value is -4.07. The monoisotopic (exact) mass is 418 g/mol. The summed E-state index contributed by atoms with van der Waals surface area (Å²) in [7, 11) is 3.14. The number of fused-ring (bicyclic) bond motifs is 1. The van der Waals surface area contributed by atoms with Gasteiger partial charge in [-0.05, 0) is 42.5 Å². The molecule has 0 aliphatic carbocycles. The molecule has 31 heavy (non-hydrogen) atoms. The third-order valence-corrected chi connectivity index (χ3v) is 4.97. The van der Waals surface area contributed by atoms with Crippen LogP contribution in [0.1, 0.15) is 5.56 Å². The smallest absolute Gasteiger partial charge is 0.335 e. The van der Waals surface area contributed by atoms with Crippen molar-refractivity contribution in [2.75, 3.05) is 14.2 Å². The van der Waals surface area contributed by atoms with Gasteiger partial charge < -0.3 is 14.8 Å². The van der Waals surface area contributed by atoms with Crippen LogP contribution in [0.4, 0.5) is 0 Å². The largest absolute Gasteiger partial charge is 0.497 e. The van der Waals surface area contributed by atoms with Crippen LogP contribution in [0.25, 0.3) is 16.9 Å². The summed E-state index contributed by atoms with van der Waals surface area (Å²) in [5, 5.41) is 2.85. The standard InChI is InChI=1S/C23H22N4O4/c1-30-18-10-11-20(31-2)16(13-18)14-25-21(28)15-26-19-9-6-12-24-22(19)27(23(26)29)17-7-4-3-5-8-17/h3-13H,14-15H2,1-2H3,(H,25,28). The van der Waals surface area contributed by atoms with E-state index in [2.05, 4.69) is 10.3 Å². The van der Waals surface area contributed by atoms with E-state index in [0.29, 0.717) is 28.4 Å². The van der Waals surface area contributed by atoms with E-state index in [4.69, 9.17) is 9.47 Å². The van der Waals surface area contributed by atoms with Gasteiger partial charge in [0.2, 0.25) is 5.91 Å². The fourth-order valence-electron chi connectivity index (χ4n) is 3.46. The molecule has 2 aromatic carbocycles. The predicted octanol–water partition coefficient (Wildman–Crippen LogP) is 2.52. The van der Waals surface area contributed by atoms with Gasteiger partial charge in [0.1, 0.15) is 18.0 Å². The fraction of sp³-hybridized carbons (Fsp3) is 0.174. The molecule has 0 saturated carbocycles. The highest BCUT2D eigenvalue weighted by Crippen LogP contribution is 2.23. The van der Waals surface area contributed by atoms with Crippen molar-refractivity contribution in [3.8, 4) is 17.2 Å². The number of amides is 1. The first kappa shape index (κ1) is 20.2. The van der Waals surface area contributed by atoms with Crippen molar-refractivity contribution in [1.82, 2.24) is 19.4 Å². The van der Waals surface area contributed by atoms with Gasteiger partial charge in [0.15, 0.2) is 5.65 Å². The van der Waals surface area contributed by atoms with E-state index in [-0.39, 0.29) is 24.7 Å². The van der Waals surface area contributed by atoms with Crippen LogP contribution in [0.15, 0.2) is 71.7 Å². The molecule has 0 unspecified atom stereocenters. The summed E-state index contributed by atoms with van der Waals surface area (Å²) < 4.78 is 13.5. The maximum atomic E-state index is 13.2. The van der Waals surface area contributed by atoms with E-state index in [9.17, 15) is 9.59 Å². The Balaban J connectivity index is 1.61. The molecular formula is C23H22N4O4.